The first-order chi connectivity index (χ1) is 21.3. The van der Waals surface area contributed by atoms with Crippen LogP contribution < -0.4 is 0 Å². The Hall–Kier alpha value is -5.61. The van der Waals surface area contributed by atoms with Crippen molar-refractivity contribution >= 4 is 54.9 Å². The molecule has 204 valence electrons. The van der Waals surface area contributed by atoms with Gasteiger partial charge < -0.3 is 8.83 Å². The van der Waals surface area contributed by atoms with Gasteiger partial charge in [0.05, 0.1) is 16.4 Å². The molecular formula is C39H26N2O2. The second-order valence-corrected chi connectivity index (χ2v) is 11.0. The Bertz CT molecular complexity index is 2470. The number of para-hydroxylation sites is 4. The van der Waals surface area contributed by atoms with Crippen molar-refractivity contribution in [1.82, 2.24) is 9.55 Å². The maximum absolute atomic E-state index is 6.49. The average Bonchev–Trinajstić information content (AvgIpc) is 3.75. The molecule has 4 heteroatoms. The van der Waals surface area contributed by atoms with Gasteiger partial charge in [0.1, 0.15) is 28.2 Å². The van der Waals surface area contributed by atoms with Gasteiger partial charge in [0.2, 0.25) is 0 Å². The summed E-state index contributed by atoms with van der Waals surface area (Å²) in [5.41, 5.74) is 11.3. The Labute approximate surface area is 247 Å². The molecule has 0 N–H and O–H groups in total. The summed E-state index contributed by atoms with van der Waals surface area (Å²) in [5.74, 6) is 1.07. The highest BCUT2D eigenvalue weighted by Crippen LogP contribution is 2.44. The Morgan fingerprint density at radius 1 is 0.581 bits per heavy atom. The minimum absolute atomic E-state index is 0.851. The maximum atomic E-state index is 6.49. The van der Waals surface area contributed by atoms with E-state index in [1.54, 1.807) is 0 Å². The van der Waals surface area contributed by atoms with Crippen LogP contribution in [0.2, 0.25) is 0 Å². The highest BCUT2D eigenvalue weighted by Gasteiger charge is 2.20. The summed E-state index contributed by atoms with van der Waals surface area (Å²) in [6.07, 6.45) is 0.872. The maximum Gasteiger partial charge on any atom is 0.147 e. The first-order valence-corrected chi connectivity index (χ1v) is 14.7. The van der Waals surface area contributed by atoms with Gasteiger partial charge in [-0.05, 0) is 59.2 Å². The highest BCUT2D eigenvalue weighted by atomic mass is 16.3. The Morgan fingerprint density at radius 3 is 1.95 bits per heavy atom. The SMILES string of the molecule is CCc1nc2ccccc2n1-c1ccc(-c2ccc(-c3cc4c5ccccc5oc4c4c3oc3ccccc34)cc2)cc1. The molecule has 0 amide bonds. The number of hydrogen-bond donors (Lipinski definition) is 0. The number of furan rings is 2. The van der Waals surface area contributed by atoms with E-state index in [0.29, 0.717) is 0 Å². The van der Waals surface area contributed by atoms with Gasteiger partial charge in [-0.1, -0.05) is 91.9 Å². The smallest absolute Gasteiger partial charge is 0.147 e. The molecular weight excluding hydrogens is 528 g/mol. The van der Waals surface area contributed by atoms with Gasteiger partial charge in [-0.2, -0.15) is 0 Å². The standard InChI is InChI=1S/C39H26N2O2/c1-2-36-40-32-11-5-6-12-33(32)41(36)27-21-19-25(20-22-27)24-15-17-26(18-16-24)30-23-31-28-9-3-7-13-34(28)42-39(31)37-29-10-4-8-14-35(29)43-38(30)37/h3-23H,2H2,1H3. The van der Waals surface area contributed by atoms with Gasteiger partial charge in [0.25, 0.3) is 0 Å². The lowest BCUT2D eigenvalue weighted by Gasteiger charge is -2.10. The number of rotatable bonds is 4. The van der Waals surface area contributed by atoms with Crippen LogP contribution in [0.25, 0.3) is 82.9 Å². The van der Waals surface area contributed by atoms with Crippen LogP contribution in [0.5, 0.6) is 0 Å². The minimum Gasteiger partial charge on any atom is -0.455 e. The van der Waals surface area contributed by atoms with Gasteiger partial charge in [0.15, 0.2) is 0 Å². The van der Waals surface area contributed by atoms with Crippen molar-refractivity contribution < 1.29 is 8.83 Å². The normalized spacial score (nSPS) is 11.9. The molecule has 0 aliphatic carbocycles. The van der Waals surface area contributed by atoms with E-state index in [-0.39, 0.29) is 0 Å². The van der Waals surface area contributed by atoms with Gasteiger partial charge >= 0.3 is 0 Å². The van der Waals surface area contributed by atoms with E-state index < -0.39 is 0 Å². The number of fused-ring (bicyclic) bond motifs is 8. The third kappa shape index (κ3) is 3.60. The molecule has 3 aromatic heterocycles. The third-order valence-corrected chi connectivity index (χ3v) is 8.59. The topological polar surface area (TPSA) is 44.1 Å². The summed E-state index contributed by atoms with van der Waals surface area (Å²) >= 11 is 0. The molecule has 9 aromatic rings. The van der Waals surface area contributed by atoms with Crippen LogP contribution >= 0.6 is 0 Å². The molecule has 0 radical (unpaired) electrons. The van der Waals surface area contributed by atoms with Crippen molar-refractivity contribution in [3.63, 3.8) is 0 Å². The van der Waals surface area contributed by atoms with Crippen molar-refractivity contribution in [3.05, 3.63) is 133 Å². The van der Waals surface area contributed by atoms with Crippen LogP contribution in [-0.4, -0.2) is 9.55 Å². The molecule has 0 spiro atoms. The molecule has 9 rings (SSSR count). The monoisotopic (exact) mass is 554 g/mol. The summed E-state index contributed by atoms with van der Waals surface area (Å²) in [6.45, 7) is 2.15. The zero-order valence-electron chi connectivity index (χ0n) is 23.5. The van der Waals surface area contributed by atoms with Gasteiger partial charge in [-0.3, -0.25) is 4.57 Å². The quantitative estimate of drug-likeness (QED) is 0.217. The Kier molecular flexibility index (Phi) is 5.14. The number of aryl methyl sites for hydroxylation is 1. The highest BCUT2D eigenvalue weighted by molar-refractivity contribution is 6.25. The molecule has 0 bridgehead atoms. The number of nitrogens with zero attached hydrogens (tertiary/aromatic N) is 2. The predicted molar refractivity (Wildman–Crippen MR) is 176 cm³/mol. The number of hydrogen-bond acceptors (Lipinski definition) is 3. The second kappa shape index (κ2) is 9.20. The first kappa shape index (κ1) is 24.0. The Balaban J connectivity index is 1.15. The summed E-state index contributed by atoms with van der Waals surface area (Å²) < 4.78 is 15.2. The molecule has 43 heavy (non-hydrogen) atoms. The van der Waals surface area contributed by atoms with Crippen LogP contribution in [0.1, 0.15) is 12.7 Å². The Morgan fingerprint density at radius 2 is 1.19 bits per heavy atom. The molecule has 0 unspecified atom stereocenters. The van der Waals surface area contributed by atoms with E-state index >= 15 is 0 Å². The third-order valence-electron chi connectivity index (χ3n) is 8.59. The fourth-order valence-corrected chi connectivity index (χ4v) is 6.53. The zero-order valence-corrected chi connectivity index (χ0v) is 23.5. The van der Waals surface area contributed by atoms with Gasteiger partial charge in [-0.15, -0.1) is 0 Å². The molecule has 0 aliphatic heterocycles. The molecule has 0 atom stereocenters. The van der Waals surface area contributed by atoms with E-state index in [9.17, 15) is 0 Å². The van der Waals surface area contributed by atoms with E-state index in [1.165, 1.54) is 5.56 Å². The van der Waals surface area contributed by atoms with Crippen LogP contribution in [0.3, 0.4) is 0 Å². The number of imidazole rings is 1. The number of aromatic nitrogens is 2. The summed E-state index contributed by atoms with van der Waals surface area (Å²) in [4.78, 5) is 4.84. The number of benzene rings is 6. The molecule has 0 saturated heterocycles. The van der Waals surface area contributed by atoms with Crippen LogP contribution in [-0.2, 0) is 6.42 Å². The van der Waals surface area contributed by atoms with E-state index in [0.717, 1.165) is 89.5 Å². The summed E-state index contributed by atoms with van der Waals surface area (Å²) in [6, 6.07) is 44.5. The van der Waals surface area contributed by atoms with Crippen molar-refractivity contribution in [2.75, 3.05) is 0 Å². The summed E-state index contributed by atoms with van der Waals surface area (Å²) in [7, 11) is 0. The molecule has 0 saturated carbocycles. The zero-order chi connectivity index (χ0) is 28.5. The van der Waals surface area contributed by atoms with E-state index in [4.69, 9.17) is 13.8 Å². The van der Waals surface area contributed by atoms with Crippen molar-refractivity contribution in [3.8, 4) is 27.9 Å². The minimum atomic E-state index is 0.851. The van der Waals surface area contributed by atoms with E-state index in [2.05, 4.69) is 109 Å². The lowest BCUT2D eigenvalue weighted by molar-refractivity contribution is 0.663. The lowest BCUT2D eigenvalue weighted by atomic mass is 9.96. The van der Waals surface area contributed by atoms with Crippen LogP contribution in [0.15, 0.2) is 136 Å². The van der Waals surface area contributed by atoms with Crippen LogP contribution in [0.4, 0.5) is 0 Å². The van der Waals surface area contributed by atoms with Gasteiger partial charge in [-0.25, -0.2) is 4.98 Å². The average molecular weight is 555 g/mol. The van der Waals surface area contributed by atoms with E-state index in [1.807, 2.05) is 30.3 Å². The lowest BCUT2D eigenvalue weighted by Crippen LogP contribution is -1.99. The molecule has 0 aliphatic rings. The molecule has 6 aromatic carbocycles. The molecule has 4 nitrogen and oxygen atoms in total. The van der Waals surface area contributed by atoms with Crippen molar-refractivity contribution in [2.45, 2.75) is 13.3 Å². The van der Waals surface area contributed by atoms with Gasteiger partial charge in [0, 0.05) is 33.8 Å². The fourth-order valence-electron chi connectivity index (χ4n) is 6.53. The second-order valence-electron chi connectivity index (χ2n) is 11.0. The fraction of sp³-hybridized carbons (Fsp3) is 0.0513. The van der Waals surface area contributed by atoms with Crippen molar-refractivity contribution in [1.29, 1.82) is 0 Å². The van der Waals surface area contributed by atoms with Crippen LogP contribution in [0, 0.1) is 0 Å². The largest absolute Gasteiger partial charge is 0.455 e. The summed E-state index contributed by atoms with van der Waals surface area (Å²) in [5, 5.41) is 4.30. The predicted octanol–water partition coefficient (Wildman–Crippen LogP) is 10.7. The molecule has 3 heterocycles. The first-order valence-electron chi connectivity index (χ1n) is 14.7. The molecule has 0 fully saturated rings. The van der Waals surface area contributed by atoms with Crippen molar-refractivity contribution in [2.24, 2.45) is 0 Å².